The second-order valence-corrected chi connectivity index (χ2v) is 11.6. The Morgan fingerprint density at radius 3 is 1.32 bits per heavy atom. The first kappa shape index (κ1) is 27.4. The Kier molecular flexibility index (Phi) is 7.17. The summed E-state index contributed by atoms with van der Waals surface area (Å²) in [5, 5.41) is 0. The lowest BCUT2D eigenvalue weighted by molar-refractivity contribution is -0.133. The van der Waals surface area contributed by atoms with Crippen LogP contribution >= 0.6 is 0 Å². The van der Waals surface area contributed by atoms with E-state index in [4.69, 9.17) is 15.0 Å². The highest BCUT2D eigenvalue weighted by molar-refractivity contribution is 6.16. The maximum absolute atomic E-state index is 13.8. The fourth-order valence-corrected chi connectivity index (χ4v) is 5.05. The van der Waals surface area contributed by atoms with Crippen molar-refractivity contribution >= 4 is 23.5 Å². The molecule has 3 aromatic rings. The van der Waals surface area contributed by atoms with E-state index in [0.29, 0.717) is 36.1 Å². The number of nitrogens with zero attached hydrogens (tertiary/aromatic N) is 5. The quantitative estimate of drug-likeness (QED) is 0.383. The molecule has 3 heterocycles. The molecule has 40 heavy (non-hydrogen) atoms. The van der Waals surface area contributed by atoms with Gasteiger partial charge in [0.1, 0.15) is 22.5 Å². The maximum Gasteiger partial charge on any atom is 0.256 e. The number of aromatic nitrogens is 1. The van der Waals surface area contributed by atoms with Gasteiger partial charge in [0.2, 0.25) is 0 Å². The van der Waals surface area contributed by atoms with Crippen molar-refractivity contribution in [3.8, 4) is 0 Å². The lowest BCUT2D eigenvalue weighted by Gasteiger charge is -2.26. The SMILES string of the molecule is CC(C)[C@]1(C)N=C(c2cccc(C3=N[C@@](C)(C(C)C)C(=O)N3Cc3ccccc3)n2)N(Cc2ccccc2)C1=O. The molecule has 2 atom stereocenters. The van der Waals surface area contributed by atoms with Gasteiger partial charge in [0.15, 0.2) is 11.7 Å². The van der Waals surface area contributed by atoms with E-state index in [1.54, 1.807) is 9.80 Å². The molecule has 5 rings (SSSR count). The number of carbonyl (C=O) groups is 2. The molecule has 0 saturated carbocycles. The monoisotopic (exact) mass is 535 g/mol. The molecule has 0 spiro atoms. The Morgan fingerprint density at radius 1 is 0.600 bits per heavy atom. The van der Waals surface area contributed by atoms with Crippen LogP contribution in [0.3, 0.4) is 0 Å². The van der Waals surface area contributed by atoms with Crippen molar-refractivity contribution in [3.05, 3.63) is 101 Å². The Morgan fingerprint density at radius 2 is 0.975 bits per heavy atom. The van der Waals surface area contributed by atoms with Crippen molar-refractivity contribution in [1.29, 1.82) is 0 Å². The first-order valence-corrected chi connectivity index (χ1v) is 13.9. The molecule has 2 aromatic carbocycles. The van der Waals surface area contributed by atoms with E-state index >= 15 is 0 Å². The van der Waals surface area contributed by atoms with Crippen LogP contribution in [-0.4, -0.2) is 49.3 Å². The van der Waals surface area contributed by atoms with Crippen molar-refractivity contribution in [2.24, 2.45) is 21.8 Å². The number of pyridine rings is 1. The van der Waals surface area contributed by atoms with Gasteiger partial charge in [0.05, 0.1) is 13.1 Å². The van der Waals surface area contributed by atoms with Crippen LogP contribution in [0, 0.1) is 11.8 Å². The minimum Gasteiger partial charge on any atom is -0.289 e. The van der Waals surface area contributed by atoms with E-state index in [-0.39, 0.29) is 23.7 Å². The first-order chi connectivity index (χ1) is 19.0. The molecule has 0 saturated heterocycles. The van der Waals surface area contributed by atoms with Crippen molar-refractivity contribution in [2.45, 2.75) is 65.7 Å². The number of amides is 2. The molecule has 0 unspecified atom stereocenters. The van der Waals surface area contributed by atoms with Crippen LogP contribution in [0.25, 0.3) is 0 Å². The van der Waals surface area contributed by atoms with Gasteiger partial charge in [-0.3, -0.25) is 19.4 Å². The highest BCUT2D eigenvalue weighted by Gasteiger charge is 2.49. The summed E-state index contributed by atoms with van der Waals surface area (Å²) in [6.45, 7) is 12.7. The number of hydrogen-bond donors (Lipinski definition) is 0. The zero-order chi connectivity index (χ0) is 28.7. The topological polar surface area (TPSA) is 78.2 Å². The summed E-state index contributed by atoms with van der Waals surface area (Å²) < 4.78 is 0. The molecule has 7 heteroatoms. The number of rotatable bonds is 8. The number of amidine groups is 2. The summed E-state index contributed by atoms with van der Waals surface area (Å²) >= 11 is 0. The van der Waals surface area contributed by atoms with Gasteiger partial charge in [0, 0.05) is 0 Å². The van der Waals surface area contributed by atoms with E-state index in [1.165, 1.54) is 0 Å². The summed E-state index contributed by atoms with van der Waals surface area (Å²) in [7, 11) is 0. The number of hydrogen-bond acceptors (Lipinski definition) is 5. The van der Waals surface area contributed by atoms with E-state index < -0.39 is 11.1 Å². The van der Waals surface area contributed by atoms with Crippen LogP contribution in [0.2, 0.25) is 0 Å². The molecule has 0 aliphatic carbocycles. The third-order valence-corrected chi connectivity index (χ3v) is 8.37. The van der Waals surface area contributed by atoms with Gasteiger partial charge >= 0.3 is 0 Å². The van der Waals surface area contributed by atoms with Gasteiger partial charge in [-0.05, 0) is 48.9 Å². The molecule has 0 bridgehead atoms. The average Bonchev–Trinajstić information content (AvgIpc) is 3.37. The van der Waals surface area contributed by atoms with Gasteiger partial charge in [-0.15, -0.1) is 0 Å². The second-order valence-electron chi connectivity index (χ2n) is 11.6. The van der Waals surface area contributed by atoms with Crippen LogP contribution in [0.15, 0.2) is 88.8 Å². The van der Waals surface area contributed by atoms with Crippen LogP contribution in [0.1, 0.15) is 64.1 Å². The molecule has 0 N–H and O–H groups in total. The zero-order valence-corrected chi connectivity index (χ0v) is 24.1. The average molecular weight is 536 g/mol. The summed E-state index contributed by atoms with van der Waals surface area (Å²) in [5.41, 5.74) is 1.41. The van der Waals surface area contributed by atoms with Crippen LogP contribution in [0.4, 0.5) is 0 Å². The molecule has 0 fully saturated rings. The minimum atomic E-state index is -0.891. The fraction of sp³-hybridized carbons (Fsp3) is 0.364. The van der Waals surface area contributed by atoms with Gasteiger partial charge in [-0.1, -0.05) is 94.4 Å². The number of benzene rings is 2. The van der Waals surface area contributed by atoms with Gasteiger partial charge in [0.25, 0.3) is 11.8 Å². The van der Waals surface area contributed by atoms with E-state index in [1.807, 2.05) is 120 Å². The number of carbonyl (C=O) groups excluding carboxylic acids is 2. The number of aliphatic imine (C=N–C) groups is 2. The third kappa shape index (κ3) is 4.74. The van der Waals surface area contributed by atoms with Crippen LogP contribution in [-0.2, 0) is 22.7 Å². The van der Waals surface area contributed by atoms with Crippen LogP contribution in [0.5, 0.6) is 0 Å². The fourth-order valence-electron chi connectivity index (χ4n) is 5.05. The van der Waals surface area contributed by atoms with E-state index in [9.17, 15) is 9.59 Å². The molecule has 2 amide bonds. The maximum atomic E-state index is 13.8. The highest BCUT2D eigenvalue weighted by atomic mass is 16.2. The summed E-state index contributed by atoms with van der Waals surface area (Å²) in [5.74, 6) is 1.00. The Balaban J connectivity index is 1.57. The molecule has 206 valence electrons. The van der Waals surface area contributed by atoms with Gasteiger partial charge in [-0.2, -0.15) is 0 Å². The molecule has 1 aromatic heterocycles. The zero-order valence-electron chi connectivity index (χ0n) is 24.1. The standard InChI is InChI=1S/C33H37N5O2/c1-22(2)32(5)30(39)37(20-24-14-9-7-10-15-24)28(35-32)26-18-13-19-27(34-26)29-36-33(6,23(3)4)31(40)38(29)21-25-16-11-8-12-17-25/h7-19,22-23H,20-21H2,1-6H3/t32-,33-/m0/s1. The van der Waals surface area contributed by atoms with Crippen molar-refractivity contribution < 1.29 is 9.59 Å². The predicted molar refractivity (Wildman–Crippen MR) is 158 cm³/mol. The van der Waals surface area contributed by atoms with Crippen molar-refractivity contribution in [3.63, 3.8) is 0 Å². The van der Waals surface area contributed by atoms with Gasteiger partial charge in [-0.25, -0.2) is 15.0 Å². The van der Waals surface area contributed by atoms with Gasteiger partial charge < -0.3 is 0 Å². The molecule has 0 radical (unpaired) electrons. The lowest BCUT2D eigenvalue weighted by atomic mass is 9.89. The van der Waals surface area contributed by atoms with E-state index in [2.05, 4.69) is 0 Å². The summed E-state index contributed by atoms with van der Waals surface area (Å²) in [4.78, 5) is 46.0. The Bertz CT molecular complexity index is 1370. The lowest BCUT2D eigenvalue weighted by Crippen LogP contribution is -2.44. The first-order valence-electron chi connectivity index (χ1n) is 13.9. The normalized spacial score (nSPS) is 22.9. The van der Waals surface area contributed by atoms with Crippen molar-refractivity contribution in [2.75, 3.05) is 0 Å². The molecular formula is C33H37N5O2. The largest absolute Gasteiger partial charge is 0.289 e. The third-order valence-electron chi connectivity index (χ3n) is 8.37. The molecular weight excluding hydrogens is 498 g/mol. The second kappa shape index (κ2) is 10.5. The summed E-state index contributed by atoms with van der Waals surface area (Å²) in [6, 6.07) is 25.5. The Hall–Kier alpha value is -4.13. The molecule has 2 aliphatic heterocycles. The predicted octanol–water partition coefficient (Wildman–Crippen LogP) is 5.49. The molecule has 2 aliphatic rings. The van der Waals surface area contributed by atoms with Crippen LogP contribution < -0.4 is 0 Å². The minimum absolute atomic E-state index is 0.00361. The summed E-state index contributed by atoms with van der Waals surface area (Å²) in [6.07, 6.45) is 0. The smallest absolute Gasteiger partial charge is 0.256 e. The molecule has 7 nitrogen and oxygen atoms in total. The van der Waals surface area contributed by atoms with Crippen molar-refractivity contribution in [1.82, 2.24) is 14.8 Å². The Labute approximate surface area is 236 Å². The highest BCUT2D eigenvalue weighted by Crippen LogP contribution is 2.35. The van der Waals surface area contributed by atoms with E-state index in [0.717, 1.165) is 11.1 Å².